The summed E-state index contributed by atoms with van der Waals surface area (Å²) in [4.78, 5) is 0. The van der Waals surface area contributed by atoms with Gasteiger partial charge < -0.3 is 19.7 Å². The molecule has 2 fully saturated rings. The van der Waals surface area contributed by atoms with Gasteiger partial charge in [-0.1, -0.05) is 12.5 Å². The largest absolute Gasteiger partial charge is 0.493 e. The summed E-state index contributed by atoms with van der Waals surface area (Å²) in [6.45, 7) is 0. The first kappa shape index (κ1) is 13.2. The predicted molar refractivity (Wildman–Crippen MR) is 80.3 cm³/mol. The van der Waals surface area contributed by atoms with Crippen LogP contribution in [-0.2, 0) is 11.8 Å². The fourth-order valence-corrected chi connectivity index (χ4v) is 5.98. The molecule has 4 aliphatic rings. The van der Waals surface area contributed by atoms with Crippen molar-refractivity contribution in [3.05, 3.63) is 23.3 Å². The van der Waals surface area contributed by atoms with Crippen molar-refractivity contribution >= 4 is 0 Å². The Morgan fingerprint density at radius 1 is 1.27 bits per heavy atom. The Bertz CT molecular complexity index is 657. The minimum atomic E-state index is -0.736. The Morgan fingerprint density at radius 3 is 2.95 bits per heavy atom. The molecule has 22 heavy (non-hydrogen) atoms. The molecule has 5 atom stereocenters. The second kappa shape index (κ2) is 3.98. The standard InChI is InChI=1S/C18H22O4/c1-21-13-5-4-10-9-11-3-2-7-17-14(10)15(13)22-16(17)12(19)6-8-18(11,17)20/h4-5,11-12,16,19-20H,2-3,6-9H2,1H3/t11-,12+,16+,17+,18-/m1/s1. The van der Waals surface area contributed by atoms with Crippen molar-refractivity contribution < 1.29 is 19.7 Å². The van der Waals surface area contributed by atoms with Crippen molar-refractivity contribution in [3.8, 4) is 11.5 Å². The Labute approximate surface area is 130 Å². The molecular weight excluding hydrogens is 280 g/mol. The second-order valence-electron chi connectivity index (χ2n) is 7.46. The molecule has 0 radical (unpaired) electrons. The molecular formula is C18H22O4. The second-order valence-corrected chi connectivity index (χ2v) is 7.46. The molecule has 2 bridgehead atoms. The SMILES string of the molecule is COc1ccc2c3c1O[C@H]1[C@@H](O)CC[C@@]4(O)[C@H](CCC[C@]314)C2. The zero-order chi connectivity index (χ0) is 15.1. The van der Waals surface area contributed by atoms with Gasteiger partial charge in [0.1, 0.15) is 6.10 Å². The van der Waals surface area contributed by atoms with Crippen LogP contribution in [0, 0.1) is 5.92 Å². The molecule has 1 aliphatic heterocycles. The van der Waals surface area contributed by atoms with Crippen LogP contribution in [0.2, 0.25) is 0 Å². The van der Waals surface area contributed by atoms with Gasteiger partial charge in [0.05, 0.1) is 24.2 Å². The van der Waals surface area contributed by atoms with E-state index in [9.17, 15) is 10.2 Å². The van der Waals surface area contributed by atoms with Crippen molar-refractivity contribution in [2.24, 2.45) is 5.92 Å². The molecule has 0 aromatic heterocycles. The number of rotatable bonds is 1. The summed E-state index contributed by atoms with van der Waals surface area (Å²) in [5, 5.41) is 22.3. The summed E-state index contributed by atoms with van der Waals surface area (Å²) in [6, 6.07) is 4.10. The van der Waals surface area contributed by atoms with Crippen molar-refractivity contribution in [1.29, 1.82) is 0 Å². The third kappa shape index (κ3) is 1.21. The Morgan fingerprint density at radius 2 is 2.14 bits per heavy atom. The monoisotopic (exact) mass is 302 g/mol. The Balaban J connectivity index is 1.85. The van der Waals surface area contributed by atoms with Gasteiger partial charge in [-0.25, -0.2) is 0 Å². The molecule has 1 aromatic carbocycles. The van der Waals surface area contributed by atoms with Gasteiger partial charge in [-0.2, -0.15) is 0 Å². The first-order valence-electron chi connectivity index (χ1n) is 8.39. The van der Waals surface area contributed by atoms with E-state index in [0.29, 0.717) is 12.8 Å². The normalized spacial score (nSPS) is 44.2. The van der Waals surface area contributed by atoms with Crippen LogP contribution in [0.1, 0.15) is 43.2 Å². The summed E-state index contributed by atoms with van der Waals surface area (Å²) < 4.78 is 11.7. The molecule has 118 valence electrons. The highest BCUT2D eigenvalue weighted by atomic mass is 16.5. The number of ether oxygens (including phenoxy) is 2. The molecule has 2 N–H and O–H groups in total. The van der Waals surface area contributed by atoms with Crippen molar-refractivity contribution in [3.63, 3.8) is 0 Å². The lowest BCUT2D eigenvalue weighted by molar-refractivity contribution is -0.195. The van der Waals surface area contributed by atoms with E-state index in [-0.39, 0.29) is 12.0 Å². The first-order valence-corrected chi connectivity index (χ1v) is 8.39. The average molecular weight is 302 g/mol. The van der Waals surface area contributed by atoms with E-state index in [2.05, 4.69) is 6.07 Å². The van der Waals surface area contributed by atoms with Crippen molar-refractivity contribution in [1.82, 2.24) is 0 Å². The van der Waals surface area contributed by atoms with E-state index in [0.717, 1.165) is 42.7 Å². The maximum absolute atomic E-state index is 11.7. The van der Waals surface area contributed by atoms with Crippen molar-refractivity contribution in [2.75, 3.05) is 7.11 Å². The Hall–Kier alpha value is -1.26. The van der Waals surface area contributed by atoms with Crippen molar-refractivity contribution in [2.45, 2.75) is 61.7 Å². The smallest absolute Gasteiger partial charge is 0.166 e. The van der Waals surface area contributed by atoms with Gasteiger partial charge in [0.25, 0.3) is 0 Å². The zero-order valence-electron chi connectivity index (χ0n) is 12.8. The van der Waals surface area contributed by atoms with Crippen LogP contribution in [0.3, 0.4) is 0 Å². The van der Waals surface area contributed by atoms with E-state index >= 15 is 0 Å². The predicted octanol–water partition coefficient (Wildman–Crippen LogP) is 1.94. The van der Waals surface area contributed by atoms with Gasteiger partial charge in [-0.3, -0.25) is 0 Å². The maximum atomic E-state index is 11.7. The minimum absolute atomic E-state index is 0.284. The molecule has 1 spiro atoms. The highest BCUT2D eigenvalue weighted by molar-refractivity contribution is 5.62. The third-order valence-corrected chi connectivity index (χ3v) is 6.81. The average Bonchev–Trinajstić information content (AvgIpc) is 2.85. The number of methoxy groups -OCH3 is 1. The molecule has 4 heteroatoms. The summed E-state index contributed by atoms with van der Waals surface area (Å²) in [5.74, 6) is 1.78. The number of hydrogen-bond acceptors (Lipinski definition) is 4. The molecule has 0 unspecified atom stereocenters. The quantitative estimate of drug-likeness (QED) is 0.832. The lowest BCUT2D eigenvalue weighted by Crippen LogP contribution is -2.70. The van der Waals surface area contributed by atoms with Gasteiger partial charge in [0.15, 0.2) is 11.5 Å². The van der Waals surface area contributed by atoms with Gasteiger partial charge in [0.2, 0.25) is 0 Å². The third-order valence-electron chi connectivity index (χ3n) is 6.81. The van der Waals surface area contributed by atoms with Gasteiger partial charge in [0, 0.05) is 5.56 Å². The Kier molecular flexibility index (Phi) is 2.39. The number of aliphatic hydroxyl groups is 2. The van der Waals surface area contributed by atoms with Crippen LogP contribution in [0.4, 0.5) is 0 Å². The fourth-order valence-electron chi connectivity index (χ4n) is 5.98. The summed E-state index contributed by atoms with van der Waals surface area (Å²) in [5.41, 5.74) is 1.24. The van der Waals surface area contributed by atoms with E-state index in [1.165, 1.54) is 5.56 Å². The topological polar surface area (TPSA) is 58.9 Å². The molecule has 1 aromatic rings. The van der Waals surface area contributed by atoms with E-state index in [1.807, 2.05) is 6.07 Å². The van der Waals surface area contributed by atoms with E-state index < -0.39 is 17.1 Å². The lowest BCUT2D eigenvalue weighted by Gasteiger charge is -2.61. The summed E-state index contributed by atoms with van der Waals surface area (Å²) in [7, 11) is 1.65. The number of benzene rings is 1. The van der Waals surface area contributed by atoms with Crippen LogP contribution in [-0.4, -0.2) is 35.1 Å². The van der Waals surface area contributed by atoms with Crippen LogP contribution >= 0.6 is 0 Å². The zero-order valence-corrected chi connectivity index (χ0v) is 12.8. The van der Waals surface area contributed by atoms with Gasteiger partial charge in [-0.15, -0.1) is 0 Å². The molecule has 5 rings (SSSR count). The van der Waals surface area contributed by atoms with Crippen LogP contribution < -0.4 is 9.47 Å². The molecule has 1 heterocycles. The number of aliphatic hydroxyl groups excluding tert-OH is 1. The van der Waals surface area contributed by atoms with Gasteiger partial charge in [-0.05, 0) is 49.7 Å². The van der Waals surface area contributed by atoms with Gasteiger partial charge >= 0.3 is 0 Å². The molecule has 0 saturated heterocycles. The van der Waals surface area contributed by atoms with E-state index in [4.69, 9.17) is 9.47 Å². The summed E-state index contributed by atoms with van der Waals surface area (Å²) in [6.07, 6.45) is 4.42. The maximum Gasteiger partial charge on any atom is 0.166 e. The molecule has 3 aliphatic carbocycles. The van der Waals surface area contributed by atoms with Crippen LogP contribution in [0.5, 0.6) is 11.5 Å². The first-order chi connectivity index (χ1) is 10.6. The molecule has 2 saturated carbocycles. The molecule has 4 nitrogen and oxygen atoms in total. The van der Waals surface area contributed by atoms with Crippen LogP contribution in [0.15, 0.2) is 12.1 Å². The fraction of sp³-hybridized carbons (Fsp3) is 0.667. The number of hydrogen-bond donors (Lipinski definition) is 2. The minimum Gasteiger partial charge on any atom is -0.493 e. The van der Waals surface area contributed by atoms with Crippen LogP contribution in [0.25, 0.3) is 0 Å². The molecule has 0 amide bonds. The highest BCUT2D eigenvalue weighted by Crippen LogP contribution is 2.67. The summed E-state index contributed by atoms with van der Waals surface area (Å²) >= 11 is 0. The van der Waals surface area contributed by atoms with E-state index in [1.54, 1.807) is 7.11 Å². The highest BCUT2D eigenvalue weighted by Gasteiger charge is 2.71. The lowest BCUT2D eigenvalue weighted by atomic mass is 9.45.